The van der Waals surface area contributed by atoms with Gasteiger partial charge in [-0.15, -0.1) is 10.2 Å². The van der Waals surface area contributed by atoms with Gasteiger partial charge in [0.25, 0.3) is 5.91 Å². The summed E-state index contributed by atoms with van der Waals surface area (Å²) in [6.45, 7) is 5.77. The molecule has 0 saturated carbocycles. The monoisotopic (exact) mass is 443 g/mol. The quantitative estimate of drug-likeness (QED) is 0.536. The molecule has 0 saturated heterocycles. The second-order valence-corrected chi connectivity index (χ2v) is 8.33. The first-order chi connectivity index (χ1) is 14.3. The van der Waals surface area contributed by atoms with Crippen molar-refractivity contribution in [3.63, 3.8) is 0 Å². The molecular formula is C21H22ClN5O2S. The third-order valence-corrected chi connectivity index (χ3v) is 5.36. The Morgan fingerprint density at radius 1 is 1.17 bits per heavy atom. The Labute approximate surface area is 184 Å². The molecular weight excluding hydrogens is 422 g/mol. The highest BCUT2D eigenvalue weighted by Gasteiger charge is 2.14. The molecule has 1 aromatic heterocycles. The lowest BCUT2D eigenvalue weighted by atomic mass is 10.1. The maximum Gasteiger partial charge on any atom is 0.251 e. The zero-order chi connectivity index (χ0) is 21.7. The Bertz CT molecular complexity index is 1050. The number of nitrogens with one attached hydrogen (secondary N) is 2. The molecule has 3 aromatic rings. The van der Waals surface area contributed by atoms with Gasteiger partial charge in [-0.05, 0) is 51.1 Å². The summed E-state index contributed by atoms with van der Waals surface area (Å²) in [6, 6.07) is 12.7. The van der Waals surface area contributed by atoms with E-state index in [1.165, 1.54) is 11.8 Å². The van der Waals surface area contributed by atoms with Crippen molar-refractivity contribution in [2.24, 2.45) is 0 Å². The molecule has 1 heterocycles. The van der Waals surface area contributed by atoms with Gasteiger partial charge in [-0.3, -0.25) is 14.2 Å². The molecule has 156 valence electrons. The number of aryl methyl sites for hydroxylation is 1. The molecule has 2 N–H and O–H groups in total. The third-order valence-electron chi connectivity index (χ3n) is 4.08. The van der Waals surface area contributed by atoms with Crippen LogP contribution in [0.4, 0.5) is 5.69 Å². The van der Waals surface area contributed by atoms with Crippen molar-refractivity contribution < 1.29 is 9.59 Å². The van der Waals surface area contributed by atoms with E-state index in [0.29, 0.717) is 21.4 Å². The fraction of sp³-hybridized carbons (Fsp3) is 0.238. The lowest BCUT2D eigenvalue weighted by Gasteiger charge is -2.12. The number of thioether (sulfide) groups is 1. The maximum absolute atomic E-state index is 12.5. The van der Waals surface area contributed by atoms with Crippen LogP contribution in [0.3, 0.4) is 0 Å². The minimum Gasteiger partial charge on any atom is -0.350 e. The average Bonchev–Trinajstić information content (AvgIpc) is 3.16. The molecule has 2 amide bonds. The summed E-state index contributed by atoms with van der Waals surface area (Å²) in [5.41, 5.74) is 2.89. The Morgan fingerprint density at radius 2 is 1.90 bits per heavy atom. The van der Waals surface area contributed by atoms with Gasteiger partial charge in [-0.2, -0.15) is 0 Å². The number of aromatic nitrogens is 3. The van der Waals surface area contributed by atoms with Crippen molar-refractivity contribution in [2.75, 3.05) is 11.1 Å². The van der Waals surface area contributed by atoms with Gasteiger partial charge < -0.3 is 10.6 Å². The minimum absolute atomic E-state index is 0.00787. The van der Waals surface area contributed by atoms with Crippen LogP contribution in [0.15, 0.2) is 53.9 Å². The van der Waals surface area contributed by atoms with E-state index in [1.54, 1.807) is 24.5 Å². The number of nitrogens with zero attached hydrogens (tertiary/aromatic N) is 3. The highest BCUT2D eigenvalue weighted by Crippen LogP contribution is 2.25. The van der Waals surface area contributed by atoms with Crippen LogP contribution in [0.1, 0.15) is 29.8 Å². The van der Waals surface area contributed by atoms with Crippen LogP contribution >= 0.6 is 23.4 Å². The van der Waals surface area contributed by atoms with E-state index in [9.17, 15) is 9.59 Å². The molecule has 3 rings (SSSR count). The van der Waals surface area contributed by atoms with Crippen molar-refractivity contribution in [2.45, 2.75) is 32.0 Å². The lowest BCUT2D eigenvalue weighted by Crippen LogP contribution is -2.30. The summed E-state index contributed by atoms with van der Waals surface area (Å²) in [5, 5.41) is 14.6. The first kappa shape index (κ1) is 21.9. The van der Waals surface area contributed by atoms with Crippen LogP contribution in [-0.2, 0) is 4.79 Å². The first-order valence-corrected chi connectivity index (χ1v) is 10.7. The molecule has 2 aromatic carbocycles. The summed E-state index contributed by atoms with van der Waals surface area (Å²) in [6.07, 6.45) is 1.61. The van der Waals surface area contributed by atoms with Crippen LogP contribution in [0.25, 0.3) is 5.69 Å². The van der Waals surface area contributed by atoms with Gasteiger partial charge in [0.15, 0.2) is 5.16 Å². The summed E-state index contributed by atoms with van der Waals surface area (Å²) in [7, 11) is 0. The first-order valence-electron chi connectivity index (χ1n) is 9.33. The van der Waals surface area contributed by atoms with Crippen molar-refractivity contribution >= 4 is 40.9 Å². The number of anilines is 1. The largest absolute Gasteiger partial charge is 0.350 e. The fourth-order valence-corrected chi connectivity index (χ4v) is 3.52. The zero-order valence-corrected chi connectivity index (χ0v) is 18.4. The number of benzene rings is 2. The van der Waals surface area contributed by atoms with Gasteiger partial charge in [0.1, 0.15) is 6.33 Å². The predicted molar refractivity (Wildman–Crippen MR) is 120 cm³/mol. The van der Waals surface area contributed by atoms with E-state index >= 15 is 0 Å². The number of carbonyl (C=O) groups is 2. The molecule has 0 spiro atoms. The molecule has 0 aliphatic rings. The topological polar surface area (TPSA) is 88.9 Å². The minimum atomic E-state index is -0.262. The SMILES string of the molecule is Cc1ccc(-n2cnnc2SCC(=O)Nc2cc(C(=O)NC(C)C)ccc2Cl)cc1. The normalized spacial score (nSPS) is 10.8. The second kappa shape index (κ2) is 9.77. The predicted octanol–water partition coefficient (Wildman–Crippen LogP) is 4.10. The molecule has 9 heteroatoms. The molecule has 0 unspecified atom stereocenters. The van der Waals surface area contributed by atoms with Crippen molar-refractivity contribution in [3.05, 3.63) is 64.9 Å². The van der Waals surface area contributed by atoms with Crippen LogP contribution in [0, 0.1) is 6.92 Å². The van der Waals surface area contributed by atoms with Crippen LogP contribution in [0.2, 0.25) is 5.02 Å². The highest BCUT2D eigenvalue weighted by atomic mass is 35.5. The van der Waals surface area contributed by atoms with Gasteiger partial charge in [0.05, 0.1) is 16.5 Å². The molecule has 0 aliphatic heterocycles. The van der Waals surface area contributed by atoms with Gasteiger partial charge in [0.2, 0.25) is 5.91 Å². The summed E-state index contributed by atoms with van der Waals surface area (Å²) in [5.74, 6) is -0.372. The number of rotatable bonds is 7. The van der Waals surface area contributed by atoms with Crippen molar-refractivity contribution in [1.82, 2.24) is 20.1 Å². The van der Waals surface area contributed by atoms with Crippen LogP contribution in [-0.4, -0.2) is 38.4 Å². The van der Waals surface area contributed by atoms with Gasteiger partial charge in [0, 0.05) is 17.3 Å². The maximum atomic E-state index is 12.5. The second-order valence-electron chi connectivity index (χ2n) is 6.98. The van der Waals surface area contributed by atoms with E-state index in [2.05, 4.69) is 20.8 Å². The van der Waals surface area contributed by atoms with E-state index < -0.39 is 0 Å². The van der Waals surface area contributed by atoms with E-state index in [4.69, 9.17) is 11.6 Å². The molecule has 0 atom stereocenters. The number of halogens is 1. The number of hydrogen-bond acceptors (Lipinski definition) is 5. The summed E-state index contributed by atoms with van der Waals surface area (Å²) < 4.78 is 1.82. The third kappa shape index (κ3) is 5.61. The zero-order valence-electron chi connectivity index (χ0n) is 16.8. The van der Waals surface area contributed by atoms with E-state index in [0.717, 1.165) is 11.3 Å². The van der Waals surface area contributed by atoms with Crippen molar-refractivity contribution in [1.29, 1.82) is 0 Å². The number of amides is 2. The Hall–Kier alpha value is -2.84. The Kier molecular flexibility index (Phi) is 7.12. The Balaban J connectivity index is 1.65. The molecule has 0 bridgehead atoms. The average molecular weight is 444 g/mol. The van der Waals surface area contributed by atoms with Gasteiger partial charge >= 0.3 is 0 Å². The molecule has 7 nitrogen and oxygen atoms in total. The fourth-order valence-electron chi connectivity index (χ4n) is 2.63. The molecule has 0 radical (unpaired) electrons. The van der Waals surface area contributed by atoms with Crippen LogP contribution < -0.4 is 10.6 Å². The molecule has 0 aliphatic carbocycles. The number of carbonyl (C=O) groups excluding carboxylic acids is 2. The van der Waals surface area contributed by atoms with Crippen LogP contribution in [0.5, 0.6) is 0 Å². The van der Waals surface area contributed by atoms with E-state index in [1.807, 2.05) is 49.6 Å². The highest BCUT2D eigenvalue weighted by molar-refractivity contribution is 7.99. The van der Waals surface area contributed by atoms with Crippen molar-refractivity contribution in [3.8, 4) is 5.69 Å². The Morgan fingerprint density at radius 3 is 2.60 bits per heavy atom. The van der Waals surface area contributed by atoms with Gasteiger partial charge in [-0.1, -0.05) is 41.1 Å². The molecule has 0 fully saturated rings. The standard InChI is InChI=1S/C21H22ClN5O2S/c1-13(2)24-20(29)15-6-9-17(22)18(10-15)25-19(28)11-30-21-26-23-12-27(21)16-7-4-14(3)5-8-16/h4-10,12-13H,11H2,1-3H3,(H,24,29)(H,25,28). The van der Waals surface area contributed by atoms with Gasteiger partial charge in [-0.25, -0.2) is 0 Å². The molecule has 30 heavy (non-hydrogen) atoms. The summed E-state index contributed by atoms with van der Waals surface area (Å²) in [4.78, 5) is 24.7. The lowest BCUT2D eigenvalue weighted by molar-refractivity contribution is -0.113. The summed E-state index contributed by atoms with van der Waals surface area (Å²) >= 11 is 7.45. The smallest absolute Gasteiger partial charge is 0.251 e. The van der Waals surface area contributed by atoms with E-state index in [-0.39, 0.29) is 23.6 Å². The number of hydrogen-bond donors (Lipinski definition) is 2.